The molecule has 0 fully saturated rings. The van der Waals surface area contributed by atoms with E-state index in [-0.39, 0.29) is 0 Å². The zero-order valence-corrected chi connectivity index (χ0v) is 15.8. The van der Waals surface area contributed by atoms with Crippen molar-refractivity contribution in [2.24, 2.45) is 0 Å². The summed E-state index contributed by atoms with van der Waals surface area (Å²) in [5.74, 6) is 1.60. The Kier molecular flexibility index (Phi) is 5.22. The molecule has 0 radical (unpaired) electrons. The SMILES string of the molecule is COc1cccc(-c2cc(Cl)c(-c3cccc(OC)c3C)cc2Cl)c1. The Bertz CT molecular complexity index is 920. The number of rotatable bonds is 4. The standard InChI is InChI=1S/C21H18Cl2O2/c1-13-16(8-5-9-21(13)25-3)18-12-19(22)17(11-20(18)23)14-6-4-7-15(10-14)24-2/h4-12H,1-3H3. The van der Waals surface area contributed by atoms with E-state index in [1.54, 1.807) is 14.2 Å². The predicted octanol–water partition coefficient (Wildman–Crippen LogP) is 6.65. The molecule has 2 nitrogen and oxygen atoms in total. The van der Waals surface area contributed by atoms with Crippen molar-refractivity contribution < 1.29 is 9.47 Å². The molecule has 25 heavy (non-hydrogen) atoms. The molecule has 4 heteroatoms. The normalized spacial score (nSPS) is 10.6. The number of halogens is 2. The second kappa shape index (κ2) is 7.38. The maximum atomic E-state index is 6.60. The molecular formula is C21H18Cl2O2. The summed E-state index contributed by atoms with van der Waals surface area (Å²) in [6, 6.07) is 17.4. The Hall–Kier alpha value is -2.16. The smallest absolute Gasteiger partial charge is 0.122 e. The maximum Gasteiger partial charge on any atom is 0.122 e. The van der Waals surface area contributed by atoms with Crippen molar-refractivity contribution in [2.75, 3.05) is 14.2 Å². The van der Waals surface area contributed by atoms with Crippen LogP contribution in [0.1, 0.15) is 5.56 Å². The van der Waals surface area contributed by atoms with Gasteiger partial charge in [0.25, 0.3) is 0 Å². The summed E-state index contributed by atoms with van der Waals surface area (Å²) in [6.07, 6.45) is 0. The van der Waals surface area contributed by atoms with Gasteiger partial charge in [0.15, 0.2) is 0 Å². The summed E-state index contributed by atoms with van der Waals surface area (Å²) in [6.45, 7) is 2.01. The molecule has 0 spiro atoms. The first-order valence-corrected chi connectivity index (χ1v) is 8.58. The molecule has 0 N–H and O–H groups in total. The van der Waals surface area contributed by atoms with Crippen LogP contribution in [0.3, 0.4) is 0 Å². The lowest BCUT2D eigenvalue weighted by molar-refractivity contribution is 0.412. The maximum absolute atomic E-state index is 6.60. The van der Waals surface area contributed by atoms with Crippen LogP contribution in [0.2, 0.25) is 10.0 Å². The average Bonchev–Trinajstić information content (AvgIpc) is 2.63. The number of hydrogen-bond acceptors (Lipinski definition) is 2. The first-order valence-electron chi connectivity index (χ1n) is 7.82. The molecule has 0 unspecified atom stereocenters. The largest absolute Gasteiger partial charge is 0.497 e. The van der Waals surface area contributed by atoms with Gasteiger partial charge in [-0.2, -0.15) is 0 Å². The van der Waals surface area contributed by atoms with Crippen LogP contribution in [0, 0.1) is 6.92 Å². The van der Waals surface area contributed by atoms with Crippen LogP contribution in [0.15, 0.2) is 54.6 Å². The molecule has 0 aliphatic heterocycles. The van der Waals surface area contributed by atoms with E-state index in [4.69, 9.17) is 32.7 Å². The molecule has 3 rings (SSSR count). The molecule has 128 valence electrons. The lowest BCUT2D eigenvalue weighted by Gasteiger charge is -2.14. The second-order valence-corrected chi connectivity index (χ2v) is 6.49. The number of methoxy groups -OCH3 is 2. The lowest BCUT2D eigenvalue weighted by atomic mass is 9.96. The molecule has 0 bridgehead atoms. The summed E-state index contributed by atoms with van der Waals surface area (Å²) in [5.41, 5.74) is 4.74. The van der Waals surface area contributed by atoms with E-state index in [0.29, 0.717) is 10.0 Å². The predicted molar refractivity (Wildman–Crippen MR) is 105 cm³/mol. The highest BCUT2D eigenvalue weighted by atomic mass is 35.5. The van der Waals surface area contributed by atoms with E-state index in [1.807, 2.05) is 61.5 Å². The van der Waals surface area contributed by atoms with Gasteiger partial charge in [-0.1, -0.05) is 47.5 Å². The molecule has 0 amide bonds. The minimum Gasteiger partial charge on any atom is -0.497 e. The fourth-order valence-electron chi connectivity index (χ4n) is 2.89. The van der Waals surface area contributed by atoms with Gasteiger partial charge in [-0.15, -0.1) is 0 Å². The van der Waals surface area contributed by atoms with E-state index in [0.717, 1.165) is 39.3 Å². The first-order chi connectivity index (χ1) is 12.0. The third-order valence-corrected chi connectivity index (χ3v) is 4.86. The topological polar surface area (TPSA) is 18.5 Å². The van der Waals surface area contributed by atoms with Gasteiger partial charge in [0.1, 0.15) is 11.5 Å². The van der Waals surface area contributed by atoms with Crippen molar-refractivity contribution in [3.63, 3.8) is 0 Å². The van der Waals surface area contributed by atoms with Gasteiger partial charge in [0.05, 0.1) is 14.2 Å². The van der Waals surface area contributed by atoms with E-state index in [1.165, 1.54) is 0 Å². The number of hydrogen-bond donors (Lipinski definition) is 0. The summed E-state index contributed by atoms with van der Waals surface area (Å²) in [4.78, 5) is 0. The van der Waals surface area contributed by atoms with Gasteiger partial charge in [-0.3, -0.25) is 0 Å². The Morgan fingerprint density at radius 3 is 2.12 bits per heavy atom. The molecule has 3 aromatic carbocycles. The van der Waals surface area contributed by atoms with E-state index in [9.17, 15) is 0 Å². The van der Waals surface area contributed by atoms with Crippen LogP contribution < -0.4 is 9.47 Å². The Morgan fingerprint density at radius 1 is 0.720 bits per heavy atom. The van der Waals surface area contributed by atoms with Crippen molar-refractivity contribution in [1.29, 1.82) is 0 Å². The van der Waals surface area contributed by atoms with Gasteiger partial charge in [-0.05, 0) is 53.9 Å². The van der Waals surface area contributed by atoms with Gasteiger partial charge >= 0.3 is 0 Å². The Morgan fingerprint density at radius 2 is 1.40 bits per heavy atom. The molecule has 0 heterocycles. The van der Waals surface area contributed by atoms with Crippen molar-refractivity contribution in [1.82, 2.24) is 0 Å². The van der Waals surface area contributed by atoms with E-state index >= 15 is 0 Å². The zero-order chi connectivity index (χ0) is 18.0. The molecule has 3 aromatic rings. The summed E-state index contributed by atoms with van der Waals surface area (Å²) in [5, 5.41) is 1.27. The van der Waals surface area contributed by atoms with E-state index in [2.05, 4.69) is 0 Å². The quantitative estimate of drug-likeness (QED) is 0.510. The van der Waals surface area contributed by atoms with E-state index < -0.39 is 0 Å². The van der Waals surface area contributed by atoms with Crippen molar-refractivity contribution in [3.05, 3.63) is 70.2 Å². The summed E-state index contributed by atoms with van der Waals surface area (Å²) in [7, 11) is 3.30. The number of benzene rings is 3. The lowest BCUT2D eigenvalue weighted by Crippen LogP contribution is -1.92. The minimum absolute atomic E-state index is 0.634. The monoisotopic (exact) mass is 372 g/mol. The molecular weight excluding hydrogens is 355 g/mol. The van der Waals surface area contributed by atoms with Crippen LogP contribution in [0.25, 0.3) is 22.3 Å². The molecule has 0 aliphatic carbocycles. The third-order valence-electron chi connectivity index (χ3n) is 4.23. The van der Waals surface area contributed by atoms with Crippen molar-refractivity contribution in [2.45, 2.75) is 6.92 Å². The first kappa shape index (κ1) is 17.7. The fraction of sp³-hybridized carbons (Fsp3) is 0.143. The van der Waals surface area contributed by atoms with Gasteiger partial charge in [0, 0.05) is 21.2 Å². The molecule has 0 saturated heterocycles. The summed E-state index contributed by atoms with van der Waals surface area (Å²) >= 11 is 13.2. The highest BCUT2D eigenvalue weighted by Gasteiger charge is 2.14. The van der Waals surface area contributed by atoms with Gasteiger partial charge in [0.2, 0.25) is 0 Å². The zero-order valence-electron chi connectivity index (χ0n) is 14.3. The van der Waals surface area contributed by atoms with Crippen molar-refractivity contribution in [3.8, 4) is 33.8 Å². The Labute approximate surface area is 157 Å². The fourth-order valence-corrected chi connectivity index (χ4v) is 3.43. The highest BCUT2D eigenvalue weighted by molar-refractivity contribution is 6.37. The van der Waals surface area contributed by atoms with Crippen LogP contribution in [-0.4, -0.2) is 14.2 Å². The molecule has 0 aliphatic rings. The third kappa shape index (κ3) is 3.46. The summed E-state index contributed by atoms with van der Waals surface area (Å²) < 4.78 is 10.7. The van der Waals surface area contributed by atoms with Crippen LogP contribution in [-0.2, 0) is 0 Å². The second-order valence-electron chi connectivity index (χ2n) is 5.68. The van der Waals surface area contributed by atoms with Crippen LogP contribution in [0.5, 0.6) is 11.5 Å². The molecule has 0 aromatic heterocycles. The molecule has 0 atom stereocenters. The Balaban J connectivity index is 2.13. The average molecular weight is 373 g/mol. The van der Waals surface area contributed by atoms with Crippen LogP contribution in [0.4, 0.5) is 0 Å². The van der Waals surface area contributed by atoms with Crippen LogP contribution >= 0.6 is 23.2 Å². The van der Waals surface area contributed by atoms with Gasteiger partial charge in [-0.25, -0.2) is 0 Å². The molecule has 0 saturated carbocycles. The number of ether oxygens (including phenoxy) is 2. The minimum atomic E-state index is 0.634. The van der Waals surface area contributed by atoms with Gasteiger partial charge < -0.3 is 9.47 Å². The van der Waals surface area contributed by atoms with Crippen molar-refractivity contribution >= 4 is 23.2 Å². The highest BCUT2D eigenvalue weighted by Crippen LogP contribution is 2.40.